The minimum absolute atomic E-state index is 0.224. The number of fused-ring (bicyclic) bond motifs is 1. The summed E-state index contributed by atoms with van der Waals surface area (Å²) in [5, 5.41) is 1.80. The standard InChI is InChI=1S/C14H17NO3/c1-2-17-14(16)9-11-18-15-10-5-7-12-6-3-4-8-13(12)15/h3-8H,2,9-11H2,1H3. The number of esters is 1. The zero-order chi connectivity index (χ0) is 12.8. The van der Waals surface area contributed by atoms with Crippen LogP contribution in [0.4, 0.5) is 5.69 Å². The molecular formula is C14H17NO3. The number of carbonyl (C=O) groups excluding carboxylic acids is 1. The first-order chi connectivity index (χ1) is 8.81. The number of nitrogens with zero attached hydrogens (tertiary/aromatic N) is 1. The topological polar surface area (TPSA) is 38.8 Å². The first kappa shape index (κ1) is 12.6. The highest BCUT2D eigenvalue weighted by atomic mass is 16.7. The monoisotopic (exact) mass is 247 g/mol. The quantitative estimate of drug-likeness (QED) is 0.749. The highest BCUT2D eigenvalue weighted by Crippen LogP contribution is 2.25. The Kier molecular flexibility index (Phi) is 4.36. The number of rotatable bonds is 5. The van der Waals surface area contributed by atoms with E-state index in [1.54, 1.807) is 12.0 Å². The van der Waals surface area contributed by atoms with Gasteiger partial charge in [0.25, 0.3) is 0 Å². The van der Waals surface area contributed by atoms with Crippen molar-refractivity contribution in [2.24, 2.45) is 0 Å². The van der Waals surface area contributed by atoms with E-state index in [1.807, 2.05) is 30.3 Å². The number of carbonyl (C=O) groups is 1. The van der Waals surface area contributed by atoms with Gasteiger partial charge in [0.2, 0.25) is 0 Å². The molecule has 1 heterocycles. The second-order valence-electron chi connectivity index (χ2n) is 3.91. The number of hydrogen-bond acceptors (Lipinski definition) is 4. The zero-order valence-corrected chi connectivity index (χ0v) is 10.5. The molecule has 96 valence electrons. The lowest BCUT2D eigenvalue weighted by Gasteiger charge is -2.26. The molecule has 0 saturated carbocycles. The van der Waals surface area contributed by atoms with Crippen molar-refractivity contribution in [3.05, 3.63) is 35.9 Å². The predicted octanol–water partition coefficient (Wildman–Crippen LogP) is 2.40. The molecule has 0 bridgehead atoms. The highest BCUT2D eigenvalue weighted by Gasteiger charge is 2.13. The molecule has 0 aliphatic carbocycles. The summed E-state index contributed by atoms with van der Waals surface area (Å²) in [4.78, 5) is 16.8. The second-order valence-corrected chi connectivity index (χ2v) is 3.91. The van der Waals surface area contributed by atoms with Crippen molar-refractivity contribution in [3.63, 3.8) is 0 Å². The number of anilines is 1. The Hall–Kier alpha value is -1.81. The molecule has 0 aromatic heterocycles. The van der Waals surface area contributed by atoms with Crippen LogP contribution in [0.1, 0.15) is 18.9 Å². The summed E-state index contributed by atoms with van der Waals surface area (Å²) in [6.45, 7) is 3.24. The molecule has 0 amide bonds. The van der Waals surface area contributed by atoms with Crippen LogP contribution in [0, 0.1) is 0 Å². The van der Waals surface area contributed by atoms with E-state index in [0.29, 0.717) is 19.8 Å². The zero-order valence-electron chi connectivity index (χ0n) is 10.5. The lowest BCUT2D eigenvalue weighted by atomic mass is 10.1. The summed E-state index contributed by atoms with van der Waals surface area (Å²) in [5.41, 5.74) is 2.16. The number of ether oxygens (including phenoxy) is 1. The van der Waals surface area contributed by atoms with E-state index < -0.39 is 0 Å². The lowest BCUT2D eigenvalue weighted by Crippen LogP contribution is -2.27. The van der Waals surface area contributed by atoms with Crippen LogP contribution in [0.3, 0.4) is 0 Å². The van der Waals surface area contributed by atoms with Crippen LogP contribution in [0.15, 0.2) is 30.3 Å². The van der Waals surface area contributed by atoms with Gasteiger partial charge in [-0.05, 0) is 18.6 Å². The van der Waals surface area contributed by atoms with Crippen molar-refractivity contribution in [2.75, 3.05) is 24.8 Å². The number of para-hydroxylation sites is 1. The van der Waals surface area contributed by atoms with Crippen LogP contribution in [0.2, 0.25) is 0 Å². The van der Waals surface area contributed by atoms with Crippen molar-refractivity contribution in [1.82, 2.24) is 0 Å². The molecule has 0 radical (unpaired) electrons. The van der Waals surface area contributed by atoms with Crippen LogP contribution in [-0.2, 0) is 14.4 Å². The summed E-state index contributed by atoms with van der Waals surface area (Å²) in [5.74, 6) is -0.224. The maximum atomic E-state index is 11.2. The Bertz CT molecular complexity index is 442. The SMILES string of the molecule is CCOC(=O)CCON1CC=Cc2ccccc21. The van der Waals surface area contributed by atoms with Gasteiger partial charge in [-0.25, -0.2) is 5.06 Å². The van der Waals surface area contributed by atoms with Crippen molar-refractivity contribution >= 4 is 17.7 Å². The van der Waals surface area contributed by atoms with Gasteiger partial charge in [0.1, 0.15) is 0 Å². The normalized spacial score (nSPS) is 13.3. The molecule has 0 fully saturated rings. The van der Waals surface area contributed by atoms with Gasteiger partial charge < -0.3 is 4.74 Å². The van der Waals surface area contributed by atoms with E-state index in [0.717, 1.165) is 11.3 Å². The molecule has 0 saturated heterocycles. The van der Waals surface area contributed by atoms with E-state index >= 15 is 0 Å². The van der Waals surface area contributed by atoms with Crippen LogP contribution < -0.4 is 5.06 Å². The summed E-state index contributed by atoms with van der Waals surface area (Å²) >= 11 is 0. The van der Waals surface area contributed by atoms with Gasteiger partial charge >= 0.3 is 5.97 Å². The minimum Gasteiger partial charge on any atom is -0.466 e. The summed E-state index contributed by atoms with van der Waals surface area (Å²) in [6, 6.07) is 8.00. The van der Waals surface area contributed by atoms with Gasteiger partial charge in [0, 0.05) is 0 Å². The number of benzene rings is 1. The molecule has 1 aliphatic rings. The third-order valence-corrected chi connectivity index (χ3v) is 2.63. The molecule has 0 atom stereocenters. The van der Waals surface area contributed by atoms with E-state index in [-0.39, 0.29) is 12.4 Å². The first-order valence-electron chi connectivity index (χ1n) is 6.13. The molecule has 2 rings (SSSR count). The molecule has 4 nitrogen and oxygen atoms in total. The molecule has 1 aromatic rings. The molecule has 18 heavy (non-hydrogen) atoms. The summed E-state index contributed by atoms with van der Waals surface area (Å²) in [6.07, 6.45) is 4.38. The molecular weight excluding hydrogens is 230 g/mol. The molecule has 0 spiro atoms. The Morgan fingerprint density at radius 1 is 1.39 bits per heavy atom. The molecule has 1 aliphatic heterocycles. The minimum atomic E-state index is -0.224. The number of hydrogen-bond donors (Lipinski definition) is 0. The summed E-state index contributed by atoms with van der Waals surface area (Å²) in [7, 11) is 0. The predicted molar refractivity (Wildman–Crippen MR) is 70.0 cm³/mol. The Balaban J connectivity index is 1.88. The molecule has 0 N–H and O–H groups in total. The smallest absolute Gasteiger partial charge is 0.308 e. The average molecular weight is 247 g/mol. The molecule has 1 aromatic carbocycles. The van der Waals surface area contributed by atoms with Crippen molar-refractivity contribution in [1.29, 1.82) is 0 Å². The van der Waals surface area contributed by atoms with Gasteiger partial charge in [0.15, 0.2) is 0 Å². The van der Waals surface area contributed by atoms with E-state index in [4.69, 9.17) is 9.57 Å². The molecule has 4 heteroatoms. The third-order valence-electron chi connectivity index (χ3n) is 2.63. The van der Waals surface area contributed by atoms with Crippen molar-refractivity contribution < 1.29 is 14.4 Å². The Morgan fingerprint density at radius 2 is 2.22 bits per heavy atom. The first-order valence-corrected chi connectivity index (χ1v) is 6.13. The van der Waals surface area contributed by atoms with Gasteiger partial charge in [-0.3, -0.25) is 9.63 Å². The highest BCUT2D eigenvalue weighted by molar-refractivity contribution is 5.70. The molecule has 0 unspecified atom stereocenters. The number of hydroxylamine groups is 1. The maximum absolute atomic E-state index is 11.2. The van der Waals surface area contributed by atoms with Gasteiger partial charge in [-0.1, -0.05) is 30.4 Å². The van der Waals surface area contributed by atoms with Crippen LogP contribution in [0.25, 0.3) is 6.08 Å². The van der Waals surface area contributed by atoms with Crippen molar-refractivity contribution in [3.8, 4) is 0 Å². The van der Waals surface area contributed by atoms with Crippen LogP contribution in [0.5, 0.6) is 0 Å². The maximum Gasteiger partial charge on any atom is 0.308 e. The van der Waals surface area contributed by atoms with E-state index in [1.165, 1.54) is 0 Å². The Morgan fingerprint density at radius 3 is 3.06 bits per heavy atom. The van der Waals surface area contributed by atoms with Gasteiger partial charge in [-0.15, -0.1) is 0 Å². The fraction of sp³-hybridized carbons (Fsp3) is 0.357. The van der Waals surface area contributed by atoms with Crippen LogP contribution in [-0.4, -0.2) is 25.7 Å². The Labute approximate surface area is 107 Å². The average Bonchev–Trinajstić information content (AvgIpc) is 2.39. The van der Waals surface area contributed by atoms with Crippen molar-refractivity contribution in [2.45, 2.75) is 13.3 Å². The fourth-order valence-corrected chi connectivity index (χ4v) is 1.82. The van der Waals surface area contributed by atoms with Gasteiger partial charge in [0.05, 0.1) is 31.9 Å². The van der Waals surface area contributed by atoms with Crippen LogP contribution >= 0.6 is 0 Å². The second kappa shape index (κ2) is 6.21. The summed E-state index contributed by atoms with van der Waals surface area (Å²) < 4.78 is 4.85. The fourth-order valence-electron chi connectivity index (χ4n) is 1.82. The van der Waals surface area contributed by atoms with Gasteiger partial charge in [-0.2, -0.15) is 0 Å². The lowest BCUT2D eigenvalue weighted by molar-refractivity contribution is -0.144. The largest absolute Gasteiger partial charge is 0.466 e. The third kappa shape index (κ3) is 3.11. The van der Waals surface area contributed by atoms with E-state index in [2.05, 4.69) is 6.08 Å². The van der Waals surface area contributed by atoms with E-state index in [9.17, 15) is 4.79 Å².